The molecule has 1 N–H and O–H groups in total. The first-order valence-corrected chi connectivity index (χ1v) is 13.8. The summed E-state index contributed by atoms with van der Waals surface area (Å²) in [4.78, 5) is 13.6. The number of carbonyl (C=O) groups is 1. The van der Waals surface area contributed by atoms with Crippen molar-refractivity contribution in [3.8, 4) is 11.3 Å². The van der Waals surface area contributed by atoms with Crippen LogP contribution in [0.3, 0.4) is 0 Å². The van der Waals surface area contributed by atoms with Crippen molar-refractivity contribution in [2.45, 2.75) is 64.6 Å². The highest BCUT2D eigenvalue weighted by Crippen LogP contribution is 2.51. The molecule has 1 aromatic heterocycles. The first kappa shape index (κ1) is 26.1. The summed E-state index contributed by atoms with van der Waals surface area (Å²) in [5, 5.41) is 14.8. The molecule has 196 valence electrons. The molecular weight excluding hydrogens is 511 g/mol. The number of carboxylic acid groups (broad SMARTS) is 1. The van der Waals surface area contributed by atoms with Crippen molar-refractivity contribution in [2.24, 2.45) is 5.41 Å². The molecule has 6 nitrogen and oxygen atoms in total. The second-order valence-corrected chi connectivity index (χ2v) is 10.9. The topological polar surface area (TPSA) is 75.8 Å². The van der Waals surface area contributed by atoms with Gasteiger partial charge >= 0.3 is 5.97 Å². The van der Waals surface area contributed by atoms with Crippen LogP contribution in [0.25, 0.3) is 11.3 Å². The third kappa shape index (κ3) is 5.25. The predicted octanol–water partition coefficient (Wildman–Crippen LogP) is 7.83. The van der Waals surface area contributed by atoms with Gasteiger partial charge in [-0.2, -0.15) is 0 Å². The molecule has 2 heterocycles. The molecule has 2 aromatic carbocycles. The largest absolute Gasteiger partial charge is 0.478 e. The average Bonchev–Trinajstić information content (AvgIpc) is 3.49. The number of carboxylic acids is 1. The molecule has 1 aliphatic heterocycles. The molecule has 3 aromatic rings. The molecule has 0 amide bonds. The normalized spacial score (nSPS) is 22.5. The van der Waals surface area contributed by atoms with E-state index in [1.165, 1.54) is 0 Å². The van der Waals surface area contributed by atoms with E-state index < -0.39 is 5.97 Å². The van der Waals surface area contributed by atoms with Crippen molar-refractivity contribution < 1.29 is 19.2 Å². The fourth-order valence-electron chi connectivity index (χ4n) is 5.60. The molecular formula is C29H32Cl2N2O4. The fourth-order valence-corrected chi connectivity index (χ4v) is 6.17. The molecule has 0 unspecified atom stereocenters. The lowest BCUT2D eigenvalue weighted by Crippen LogP contribution is -2.44. The summed E-state index contributed by atoms with van der Waals surface area (Å²) in [6.45, 7) is 6.29. The van der Waals surface area contributed by atoms with Crippen LogP contribution in [0.5, 0.6) is 0 Å². The van der Waals surface area contributed by atoms with Crippen LogP contribution in [0.1, 0.15) is 73.6 Å². The third-order valence-electron chi connectivity index (χ3n) is 7.65. The highest BCUT2D eigenvalue weighted by Gasteiger charge is 2.49. The lowest BCUT2D eigenvalue weighted by atomic mass is 9.66. The van der Waals surface area contributed by atoms with Gasteiger partial charge in [-0.15, -0.1) is 0 Å². The first-order valence-electron chi connectivity index (χ1n) is 13.1. The summed E-state index contributed by atoms with van der Waals surface area (Å²) in [7, 11) is 0. The quantitative estimate of drug-likeness (QED) is 0.327. The molecule has 3 fully saturated rings. The Morgan fingerprint density at radius 3 is 2.54 bits per heavy atom. The SMILES string of the molecule is CC.O=C(O)c1cccc(N2CCC3(CC(OCc4c(-c5c(Cl)cccc5Cl)noc4C4CC4)C3)C2)c1. The maximum absolute atomic E-state index is 11.3. The van der Waals surface area contributed by atoms with Gasteiger partial charge in [-0.05, 0) is 67.9 Å². The first-order chi connectivity index (χ1) is 17.9. The molecule has 2 saturated carbocycles. The smallest absolute Gasteiger partial charge is 0.335 e. The van der Waals surface area contributed by atoms with E-state index in [-0.39, 0.29) is 11.5 Å². The minimum atomic E-state index is -0.894. The highest BCUT2D eigenvalue weighted by atomic mass is 35.5. The molecule has 0 atom stereocenters. The maximum Gasteiger partial charge on any atom is 0.335 e. The zero-order chi connectivity index (χ0) is 26.2. The van der Waals surface area contributed by atoms with E-state index >= 15 is 0 Å². The Morgan fingerprint density at radius 2 is 1.86 bits per heavy atom. The number of benzene rings is 2. The summed E-state index contributed by atoms with van der Waals surface area (Å²) in [6.07, 6.45) is 5.46. The van der Waals surface area contributed by atoms with Gasteiger partial charge in [0.15, 0.2) is 0 Å². The molecule has 0 radical (unpaired) electrons. The predicted molar refractivity (Wildman–Crippen MR) is 146 cm³/mol. The van der Waals surface area contributed by atoms with E-state index in [1.54, 1.807) is 12.1 Å². The number of rotatable bonds is 7. The van der Waals surface area contributed by atoms with Gasteiger partial charge in [-0.1, -0.05) is 54.3 Å². The summed E-state index contributed by atoms with van der Waals surface area (Å²) in [5.41, 5.74) is 3.88. The number of halogens is 2. The van der Waals surface area contributed by atoms with E-state index in [0.717, 1.165) is 62.2 Å². The van der Waals surface area contributed by atoms with Gasteiger partial charge < -0.3 is 19.3 Å². The standard InChI is InChI=1S/C27H26Cl2N2O4.C2H6/c28-21-5-2-6-22(29)23(21)24-20(25(35-30-24)16-7-8-16)14-34-19-12-27(13-19)9-10-31(15-27)18-4-1-3-17(11-18)26(32)33;1-2/h1-6,11,16,19H,7-10,12-15H2,(H,32,33);1-2H3. The van der Waals surface area contributed by atoms with Crippen LogP contribution in [-0.4, -0.2) is 35.4 Å². The van der Waals surface area contributed by atoms with E-state index in [0.29, 0.717) is 39.4 Å². The van der Waals surface area contributed by atoms with Crippen LogP contribution < -0.4 is 4.90 Å². The molecule has 1 saturated heterocycles. The maximum atomic E-state index is 11.3. The molecule has 2 aliphatic carbocycles. The minimum Gasteiger partial charge on any atom is -0.478 e. The van der Waals surface area contributed by atoms with Gasteiger partial charge in [-0.25, -0.2) is 4.79 Å². The number of hydrogen-bond acceptors (Lipinski definition) is 5. The monoisotopic (exact) mass is 542 g/mol. The second kappa shape index (κ2) is 10.7. The lowest BCUT2D eigenvalue weighted by molar-refractivity contribution is -0.0796. The number of aromatic carboxylic acids is 1. The Labute approximate surface area is 227 Å². The number of anilines is 1. The van der Waals surface area contributed by atoms with Crippen molar-refractivity contribution in [1.82, 2.24) is 5.16 Å². The highest BCUT2D eigenvalue weighted by molar-refractivity contribution is 6.39. The summed E-state index contributed by atoms with van der Waals surface area (Å²) >= 11 is 12.9. The number of aromatic nitrogens is 1. The summed E-state index contributed by atoms with van der Waals surface area (Å²) in [6, 6.07) is 12.7. The average molecular weight is 543 g/mol. The Bertz CT molecular complexity index is 1260. The van der Waals surface area contributed by atoms with Crippen LogP contribution in [0.15, 0.2) is 47.0 Å². The molecule has 1 spiro atoms. The van der Waals surface area contributed by atoms with Gasteiger partial charge in [0.2, 0.25) is 0 Å². The van der Waals surface area contributed by atoms with Gasteiger partial charge in [0, 0.05) is 35.8 Å². The molecule has 6 rings (SSSR count). The van der Waals surface area contributed by atoms with E-state index in [4.69, 9.17) is 32.5 Å². The Kier molecular flexibility index (Phi) is 7.53. The zero-order valence-corrected chi connectivity index (χ0v) is 22.7. The molecule has 37 heavy (non-hydrogen) atoms. The van der Waals surface area contributed by atoms with Gasteiger partial charge in [-0.3, -0.25) is 0 Å². The zero-order valence-electron chi connectivity index (χ0n) is 21.2. The second-order valence-electron chi connectivity index (χ2n) is 10.1. The Hall–Kier alpha value is -2.54. The van der Waals surface area contributed by atoms with Crippen LogP contribution in [0, 0.1) is 5.41 Å². The van der Waals surface area contributed by atoms with Crippen molar-refractivity contribution in [3.05, 3.63) is 69.4 Å². The van der Waals surface area contributed by atoms with E-state index in [1.807, 2.05) is 44.2 Å². The van der Waals surface area contributed by atoms with Gasteiger partial charge in [0.25, 0.3) is 0 Å². The van der Waals surface area contributed by atoms with Crippen LogP contribution in [-0.2, 0) is 11.3 Å². The van der Waals surface area contributed by atoms with E-state index in [9.17, 15) is 9.90 Å². The third-order valence-corrected chi connectivity index (χ3v) is 8.28. The number of ether oxygens (including phenoxy) is 1. The minimum absolute atomic E-state index is 0.178. The van der Waals surface area contributed by atoms with Crippen molar-refractivity contribution >= 4 is 34.9 Å². The Balaban J connectivity index is 0.00000137. The lowest BCUT2D eigenvalue weighted by Gasteiger charge is -2.45. The van der Waals surface area contributed by atoms with Crippen LogP contribution >= 0.6 is 23.2 Å². The van der Waals surface area contributed by atoms with Crippen LogP contribution in [0.4, 0.5) is 5.69 Å². The summed E-state index contributed by atoms with van der Waals surface area (Å²) in [5.74, 6) is 0.402. The summed E-state index contributed by atoms with van der Waals surface area (Å²) < 4.78 is 12.1. The fraction of sp³-hybridized carbons (Fsp3) is 0.448. The molecule has 8 heteroatoms. The van der Waals surface area contributed by atoms with Crippen LogP contribution in [0.2, 0.25) is 10.0 Å². The van der Waals surface area contributed by atoms with E-state index in [2.05, 4.69) is 10.1 Å². The Morgan fingerprint density at radius 1 is 1.16 bits per heavy atom. The van der Waals surface area contributed by atoms with Crippen molar-refractivity contribution in [2.75, 3.05) is 18.0 Å². The van der Waals surface area contributed by atoms with Crippen molar-refractivity contribution in [1.29, 1.82) is 0 Å². The van der Waals surface area contributed by atoms with Gasteiger partial charge in [0.1, 0.15) is 11.5 Å². The molecule has 0 bridgehead atoms. The van der Waals surface area contributed by atoms with Gasteiger partial charge in [0.05, 0.1) is 28.3 Å². The molecule has 3 aliphatic rings. The number of nitrogens with zero attached hydrogens (tertiary/aromatic N) is 2. The number of hydrogen-bond donors (Lipinski definition) is 1. The van der Waals surface area contributed by atoms with Crippen molar-refractivity contribution in [3.63, 3.8) is 0 Å².